The van der Waals surface area contributed by atoms with Crippen molar-refractivity contribution in [1.82, 2.24) is 15.1 Å². The molecule has 0 aliphatic carbocycles. The summed E-state index contributed by atoms with van der Waals surface area (Å²) in [7, 11) is 0. The molecule has 1 amide bonds. The summed E-state index contributed by atoms with van der Waals surface area (Å²) in [5, 5.41) is 8.68. The van der Waals surface area contributed by atoms with Gasteiger partial charge in [0, 0.05) is 24.2 Å². The molecule has 0 atom stereocenters. The van der Waals surface area contributed by atoms with Crippen LogP contribution in [0, 0.1) is 6.92 Å². The van der Waals surface area contributed by atoms with Crippen molar-refractivity contribution in [2.24, 2.45) is 0 Å². The van der Waals surface area contributed by atoms with E-state index in [1.807, 2.05) is 46.1 Å². The number of carbonyl (C=O) groups excluding carboxylic acids is 1. The van der Waals surface area contributed by atoms with Gasteiger partial charge in [0.1, 0.15) is 0 Å². The number of anilines is 1. The van der Waals surface area contributed by atoms with Gasteiger partial charge in [0.15, 0.2) is 0 Å². The van der Waals surface area contributed by atoms with Crippen molar-refractivity contribution in [3.05, 3.63) is 54.2 Å². The fourth-order valence-corrected chi connectivity index (χ4v) is 3.02. The minimum atomic E-state index is 0.109. The van der Waals surface area contributed by atoms with Gasteiger partial charge in [0.25, 0.3) is 0 Å². The summed E-state index contributed by atoms with van der Waals surface area (Å²) in [5.41, 5.74) is 4.17. The molecule has 1 aliphatic rings. The first-order chi connectivity index (χ1) is 11.2. The van der Waals surface area contributed by atoms with E-state index in [0.717, 1.165) is 28.8 Å². The number of nitrogens with one attached hydrogen (secondary N) is 1. The Balaban J connectivity index is 1.81. The third-order valence-electron chi connectivity index (χ3n) is 4.20. The lowest BCUT2D eigenvalue weighted by Crippen LogP contribution is -2.48. The van der Waals surface area contributed by atoms with Crippen molar-refractivity contribution >= 4 is 22.5 Å². The monoisotopic (exact) mass is 306 g/mol. The van der Waals surface area contributed by atoms with E-state index in [1.165, 1.54) is 5.56 Å². The quantitative estimate of drug-likeness (QED) is 0.790. The first-order valence-electron chi connectivity index (χ1n) is 7.78. The number of aryl methyl sites for hydroxylation is 1. The Morgan fingerprint density at radius 1 is 1.13 bits per heavy atom. The zero-order chi connectivity index (χ0) is 15.8. The third-order valence-corrected chi connectivity index (χ3v) is 4.20. The highest BCUT2D eigenvalue weighted by Gasteiger charge is 2.20. The highest BCUT2D eigenvalue weighted by atomic mass is 16.2. The van der Waals surface area contributed by atoms with Gasteiger partial charge in [-0.3, -0.25) is 4.79 Å². The van der Waals surface area contributed by atoms with E-state index in [0.29, 0.717) is 13.1 Å². The molecule has 2 aromatic carbocycles. The Morgan fingerprint density at radius 2 is 2.04 bits per heavy atom. The van der Waals surface area contributed by atoms with Gasteiger partial charge in [-0.2, -0.15) is 5.10 Å². The van der Waals surface area contributed by atoms with Crippen molar-refractivity contribution in [2.45, 2.75) is 6.92 Å². The Hall–Kier alpha value is -2.66. The van der Waals surface area contributed by atoms with Gasteiger partial charge in [-0.15, -0.1) is 0 Å². The molecule has 1 aromatic heterocycles. The lowest BCUT2D eigenvalue weighted by Gasteiger charge is -2.27. The molecule has 0 spiro atoms. The predicted octanol–water partition coefficient (Wildman–Crippen LogP) is 2.27. The van der Waals surface area contributed by atoms with Crippen LogP contribution in [0.5, 0.6) is 0 Å². The minimum Gasteiger partial charge on any atom is -0.310 e. The molecule has 3 aromatic rings. The highest BCUT2D eigenvalue weighted by molar-refractivity contribution is 5.97. The van der Waals surface area contributed by atoms with Crippen molar-refractivity contribution in [1.29, 1.82) is 0 Å². The summed E-state index contributed by atoms with van der Waals surface area (Å²) in [6.07, 6.45) is 1.86. The van der Waals surface area contributed by atoms with Crippen LogP contribution in [0.1, 0.15) is 5.56 Å². The van der Waals surface area contributed by atoms with Gasteiger partial charge in [-0.1, -0.05) is 12.1 Å². The number of amides is 1. The Morgan fingerprint density at radius 3 is 2.87 bits per heavy atom. The Bertz CT molecular complexity index is 884. The summed E-state index contributed by atoms with van der Waals surface area (Å²) < 4.78 is 1.93. The van der Waals surface area contributed by atoms with Crippen LogP contribution in [-0.4, -0.2) is 35.3 Å². The van der Waals surface area contributed by atoms with E-state index in [4.69, 9.17) is 0 Å². The molecule has 0 unspecified atom stereocenters. The van der Waals surface area contributed by atoms with Crippen LogP contribution < -0.4 is 10.2 Å². The van der Waals surface area contributed by atoms with Gasteiger partial charge in [0.05, 0.1) is 23.9 Å². The number of piperazine rings is 1. The van der Waals surface area contributed by atoms with E-state index in [9.17, 15) is 4.79 Å². The van der Waals surface area contributed by atoms with Crippen LogP contribution in [0.25, 0.3) is 16.6 Å². The van der Waals surface area contributed by atoms with Crippen molar-refractivity contribution in [3.8, 4) is 5.69 Å². The molecule has 1 fully saturated rings. The van der Waals surface area contributed by atoms with Crippen LogP contribution in [0.15, 0.2) is 48.7 Å². The normalized spacial score (nSPS) is 15.3. The van der Waals surface area contributed by atoms with E-state index in [1.54, 1.807) is 0 Å². The fourth-order valence-electron chi connectivity index (χ4n) is 3.02. The maximum Gasteiger partial charge on any atom is 0.240 e. The molecule has 5 nitrogen and oxygen atoms in total. The molecule has 1 saturated heterocycles. The average Bonchev–Trinajstić information content (AvgIpc) is 2.98. The molecule has 1 aliphatic heterocycles. The van der Waals surface area contributed by atoms with Gasteiger partial charge < -0.3 is 10.2 Å². The molecule has 0 bridgehead atoms. The van der Waals surface area contributed by atoms with Crippen molar-refractivity contribution in [2.75, 3.05) is 24.5 Å². The van der Waals surface area contributed by atoms with Crippen LogP contribution in [0.2, 0.25) is 0 Å². The molecule has 23 heavy (non-hydrogen) atoms. The molecule has 2 heterocycles. The van der Waals surface area contributed by atoms with Crippen LogP contribution in [-0.2, 0) is 4.79 Å². The largest absolute Gasteiger partial charge is 0.310 e. The fraction of sp³-hybridized carbons (Fsp3) is 0.222. The zero-order valence-electron chi connectivity index (χ0n) is 13.0. The van der Waals surface area contributed by atoms with Gasteiger partial charge in [-0.05, 0) is 42.8 Å². The summed E-state index contributed by atoms with van der Waals surface area (Å²) >= 11 is 0. The van der Waals surface area contributed by atoms with E-state index >= 15 is 0 Å². The zero-order valence-corrected chi connectivity index (χ0v) is 13.0. The number of hydrogen-bond donors (Lipinski definition) is 1. The number of nitrogens with zero attached hydrogens (tertiary/aromatic N) is 3. The third kappa shape index (κ3) is 2.49. The number of aromatic nitrogens is 2. The molecule has 1 N–H and O–H groups in total. The average molecular weight is 306 g/mol. The topological polar surface area (TPSA) is 50.2 Å². The maximum atomic E-state index is 12.1. The number of benzene rings is 2. The van der Waals surface area contributed by atoms with Gasteiger partial charge in [0.2, 0.25) is 5.91 Å². The maximum absolute atomic E-state index is 12.1. The molecule has 0 saturated carbocycles. The lowest BCUT2D eigenvalue weighted by atomic mass is 10.2. The van der Waals surface area contributed by atoms with Crippen LogP contribution >= 0.6 is 0 Å². The minimum absolute atomic E-state index is 0.109. The van der Waals surface area contributed by atoms with Gasteiger partial charge in [-0.25, -0.2) is 4.68 Å². The first kappa shape index (κ1) is 14.0. The van der Waals surface area contributed by atoms with Crippen LogP contribution in [0.4, 0.5) is 5.69 Å². The summed E-state index contributed by atoms with van der Waals surface area (Å²) in [6.45, 7) is 3.99. The van der Waals surface area contributed by atoms with Gasteiger partial charge >= 0.3 is 0 Å². The number of hydrogen-bond acceptors (Lipinski definition) is 3. The first-order valence-corrected chi connectivity index (χ1v) is 7.78. The second-order valence-corrected chi connectivity index (χ2v) is 5.86. The summed E-state index contributed by atoms with van der Waals surface area (Å²) in [4.78, 5) is 13.9. The molecular formula is C18H18N4O. The number of carbonyl (C=O) groups is 1. The molecule has 4 rings (SSSR count). The molecule has 0 radical (unpaired) electrons. The highest BCUT2D eigenvalue weighted by Crippen LogP contribution is 2.25. The van der Waals surface area contributed by atoms with E-state index < -0.39 is 0 Å². The second-order valence-electron chi connectivity index (χ2n) is 5.86. The van der Waals surface area contributed by atoms with Crippen molar-refractivity contribution < 1.29 is 4.79 Å². The smallest absolute Gasteiger partial charge is 0.240 e. The van der Waals surface area contributed by atoms with Crippen molar-refractivity contribution in [3.63, 3.8) is 0 Å². The Labute approximate surface area is 134 Å². The summed E-state index contributed by atoms with van der Waals surface area (Å²) in [6, 6.07) is 14.3. The molecule has 116 valence electrons. The Kier molecular flexibility index (Phi) is 3.35. The van der Waals surface area contributed by atoms with E-state index in [-0.39, 0.29) is 5.91 Å². The summed E-state index contributed by atoms with van der Waals surface area (Å²) in [5.74, 6) is 0.109. The van der Waals surface area contributed by atoms with E-state index in [2.05, 4.69) is 29.5 Å². The second kappa shape index (κ2) is 5.52. The van der Waals surface area contributed by atoms with Crippen LogP contribution in [0.3, 0.4) is 0 Å². The molecule has 5 heteroatoms. The molecular weight excluding hydrogens is 288 g/mol. The number of fused-ring (bicyclic) bond motifs is 1. The predicted molar refractivity (Wildman–Crippen MR) is 91.0 cm³/mol. The standard InChI is InChI=1S/C18H18N4O/c1-13-3-2-4-16(9-13)22-17-10-15(6-5-14(17)11-20-22)21-8-7-19-12-18(21)23/h2-6,9-11,19H,7-8,12H2,1H3. The SMILES string of the molecule is Cc1cccc(-n2ncc3ccc(N4CCNCC4=O)cc32)c1. The lowest BCUT2D eigenvalue weighted by molar-refractivity contribution is -0.118. The number of rotatable bonds is 2.